The van der Waals surface area contributed by atoms with Gasteiger partial charge in [0, 0.05) is 12.8 Å². The monoisotopic (exact) mass is 801 g/mol. The van der Waals surface area contributed by atoms with E-state index in [0.29, 0.717) is 12.8 Å². The lowest BCUT2D eigenvalue weighted by molar-refractivity contribution is -0.166. The van der Waals surface area contributed by atoms with E-state index in [1.165, 1.54) is 44.9 Å². The molecule has 0 N–H and O–H groups in total. The molecule has 0 rings (SSSR count). The highest BCUT2D eigenvalue weighted by Gasteiger charge is 2.19. The largest absolute Gasteiger partial charge is 0.462 e. The maximum Gasteiger partial charge on any atom is 0.309 e. The van der Waals surface area contributed by atoms with Crippen LogP contribution in [0.25, 0.3) is 0 Å². The molecule has 0 aliphatic carbocycles. The van der Waals surface area contributed by atoms with Crippen molar-refractivity contribution < 1.29 is 28.6 Å². The predicted molar refractivity (Wildman–Crippen MR) is 246 cm³/mol. The first-order chi connectivity index (χ1) is 28.5. The van der Waals surface area contributed by atoms with E-state index in [1.807, 2.05) is 48.6 Å². The van der Waals surface area contributed by atoms with Crippen LogP contribution in [0, 0.1) is 0 Å². The van der Waals surface area contributed by atoms with Crippen LogP contribution >= 0.6 is 0 Å². The van der Waals surface area contributed by atoms with E-state index >= 15 is 0 Å². The molecule has 0 bridgehead atoms. The summed E-state index contributed by atoms with van der Waals surface area (Å²) in [5.41, 5.74) is 0. The number of rotatable bonds is 38. The normalized spacial score (nSPS) is 13.2. The van der Waals surface area contributed by atoms with Crippen molar-refractivity contribution in [3.05, 3.63) is 122 Å². The smallest absolute Gasteiger partial charge is 0.309 e. The van der Waals surface area contributed by atoms with Crippen LogP contribution in [0.3, 0.4) is 0 Å². The van der Waals surface area contributed by atoms with Crippen LogP contribution in [0.5, 0.6) is 0 Å². The summed E-state index contributed by atoms with van der Waals surface area (Å²) in [6, 6.07) is 0. The Morgan fingerprint density at radius 2 is 0.879 bits per heavy atom. The summed E-state index contributed by atoms with van der Waals surface area (Å²) in [6.07, 6.45) is 62.2. The van der Waals surface area contributed by atoms with Crippen molar-refractivity contribution in [3.8, 4) is 0 Å². The van der Waals surface area contributed by atoms with Gasteiger partial charge in [0.15, 0.2) is 6.10 Å². The van der Waals surface area contributed by atoms with Gasteiger partial charge in [-0.05, 0) is 70.6 Å². The second-order valence-electron chi connectivity index (χ2n) is 14.4. The fourth-order valence-corrected chi connectivity index (χ4v) is 5.47. The number of hydrogen-bond acceptors (Lipinski definition) is 6. The van der Waals surface area contributed by atoms with Gasteiger partial charge in [-0.2, -0.15) is 0 Å². The van der Waals surface area contributed by atoms with Gasteiger partial charge in [0.2, 0.25) is 0 Å². The molecule has 0 spiro atoms. The van der Waals surface area contributed by atoms with Crippen molar-refractivity contribution >= 4 is 17.9 Å². The Bertz CT molecular complexity index is 1290. The number of esters is 3. The molecule has 6 nitrogen and oxygen atoms in total. The highest BCUT2D eigenvalue weighted by molar-refractivity contribution is 5.72. The zero-order valence-corrected chi connectivity index (χ0v) is 36.8. The van der Waals surface area contributed by atoms with Gasteiger partial charge >= 0.3 is 17.9 Å². The van der Waals surface area contributed by atoms with Gasteiger partial charge in [0.1, 0.15) is 13.2 Å². The highest BCUT2D eigenvalue weighted by Crippen LogP contribution is 2.10. The fraction of sp³-hybridized carbons (Fsp3) is 0.558. The first-order valence-corrected chi connectivity index (χ1v) is 22.6. The van der Waals surface area contributed by atoms with E-state index in [0.717, 1.165) is 77.0 Å². The van der Waals surface area contributed by atoms with Crippen LogP contribution in [0.1, 0.15) is 168 Å². The number of carbonyl (C=O) groups is 3. The molecule has 0 fully saturated rings. The number of hydrogen-bond donors (Lipinski definition) is 0. The molecule has 0 saturated heterocycles. The molecule has 0 aliphatic heterocycles. The summed E-state index contributed by atoms with van der Waals surface area (Å²) in [5.74, 6) is -1.18. The van der Waals surface area contributed by atoms with Crippen molar-refractivity contribution in [2.75, 3.05) is 13.2 Å². The average Bonchev–Trinajstić information content (AvgIpc) is 3.22. The van der Waals surface area contributed by atoms with Crippen molar-refractivity contribution in [2.45, 2.75) is 175 Å². The molecule has 324 valence electrons. The van der Waals surface area contributed by atoms with Gasteiger partial charge in [0.05, 0.1) is 6.42 Å². The lowest BCUT2D eigenvalue weighted by Crippen LogP contribution is -2.30. The molecule has 0 aromatic heterocycles. The Balaban J connectivity index is 4.56. The quantitative estimate of drug-likeness (QED) is 0.0203. The summed E-state index contributed by atoms with van der Waals surface area (Å²) >= 11 is 0. The minimum Gasteiger partial charge on any atom is -0.462 e. The van der Waals surface area contributed by atoms with Crippen molar-refractivity contribution in [3.63, 3.8) is 0 Å². The Morgan fingerprint density at radius 3 is 1.50 bits per heavy atom. The molecule has 1 atom stereocenters. The van der Waals surface area contributed by atoms with Crippen LogP contribution in [-0.4, -0.2) is 37.2 Å². The van der Waals surface area contributed by atoms with Crippen molar-refractivity contribution in [1.29, 1.82) is 0 Å². The minimum atomic E-state index is -0.856. The Morgan fingerprint density at radius 1 is 0.397 bits per heavy atom. The third-order valence-corrected chi connectivity index (χ3v) is 8.83. The molecule has 0 radical (unpaired) electrons. The van der Waals surface area contributed by atoms with Crippen LogP contribution in [0.15, 0.2) is 122 Å². The maximum atomic E-state index is 12.7. The van der Waals surface area contributed by atoms with E-state index in [-0.39, 0.29) is 32.0 Å². The second-order valence-corrected chi connectivity index (χ2v) is 14.4. The average molecular weight is 801 g/mol. The summed E-state index contributed by atoms with van der Waals surface area (Å²) in [4.78, 5) is 37.6. The summed E-state index contributed by atoms with van der Waals surface area (Å²) in [5, 5.41) is 0. The Hall–Kier alpha value is -4.19. The first-order valence-electron chi connectivity index (χ1n) is 22.6. The zero-order valence-electron chi connectivity index (χ0n) is 36.8. The standard InChI is InChI=1S/C52H80O6/c1-4-7-10-13-16-19-21-23-24-25-26-27-29-30-33-36-39-42-45-51(54)57-48-49(47-56-50(53)44-41-38-35-32-18-15-12-9-6-3)58-52(55)46-43-40-37-34-31-28-22-20-17-14-11-8-5-2/h9-10,12-13,16,18-19,21,23-28,31-32,37-38,40-41,49H,4-8,11,14-15,17,20,22,29-30,33-36,39,42-48H2,1-3H3/b12-9-,13-10-,19-16-,23-21-,25-24-,27-26-,31-28-,32-18-,40-37-,41-38-. The summed E-state index contributed by atoms with van der Waals surface area (Å²) in [7, 11) is 0. The third-order valence-electron chi connectivity index (χ3n) is 8.83. The lowest BCUT2D eigenvalue weighted by Gasteiger charge is -2.18. The fourth-order valence-electron chi connectivity index (χ4n) is 5.47. The molecule has 0 aromatic rings. The van der Waals surface area contributed by atoms with E-state index in [4.69, 9.17) is 14.2 Å². The van der Waals surface area contributed by atoms with Crippen LogP contribution in [-0.2, 0) is 28.6 Å². The topological polar surface area (TPSA) is 78.9 Å². The number of allylic oxidation sites excluding steroid dienone is 19. The van der Waals surface area contributed by atoms with Crippen LogP contribution in [0.4, 0.5) is 0 Å². The van der Waals surface area contributed by atoms with Gasteiger partial charge in [-0.3, -0.25) is 14.4 Å². The molecule has 1 unspecified atom stereocenters. The number of unbranched alkanes of at least 4 members (excludes halogenated alkanes) is 12. The van der Waals surface area contributed by atoms with Gasteiger partial charge in [-0.1, -0.05) is 200 Å². The van der Waals surface area contributed by atoms with E-state index in [9.17, 15) is 14.4 Å². The van der Waals surface area contributed by atoms with Gasteiger partial charge in [-0.15, -0.1) is 0 Å². The molecule has 0 amide bonds. The van der Waals surface area contributed by atoms with Crippen molar-refractivity contribution in [2.24, 2.45) is 0 Å². The van der Waals surface area contributed by atoms with Gasteiger partial charge < -0.3 is 14.2 Å². The van der Waals surface area contributed by atoms with Gasteiger partial charge in [-0.25, -0.2) is 0 Å². The third kappa shape index (κ3) is 42.9. The minimum absolute atomic E-state index is 0.114. The van der Waals surface area contributed by atoms with E-state index in [2.05, 4.69) is 87.6 Å². The molecular formula is C52H80O6. The molecule has 58 heavy (non-hydrogen) atoms. The first kappa shape index (κ1) is 53.8. The summed E-state index contributed by atoms with van der Waals surface area (Å²) in [6.45, 7) is 6.21. The van der Waals surface area contributed by atoms with Crippen molar-refractivity contribution in [1.82, 2.24) is 0 Å². The SMILES string of the molecule is CC/C=C\C/C=C\C/C=C\CC(=O)OCC(COC(=O)CCCCCCC\C=C/C=C\C=C/C=C\C=C/CCC)OC(=O)CC/C=C\C/C=C\CCCCCCCC. The molecule has 0 heterocycles. The molecule has 0 aliphatic rings. The Kier molecular flexibility index (Phi) is 42.2. The molecule has 6 heteroatoms. The predicted octanol–water partition coefficient (Wildman–Crippen LogP) is 14.6. The second kappa shape index (κ2) is 45.5. The maximum absolute atomic E-state index is 12.7. The van der Waals surface area contributed by atoms with Gasteiger partial charge in [0.25, 0.3) is 0 Å². The van der Waals surface area contributed by atoms with Crippen LogP contribution in [0.2, 0.25) is 0 Å². The Labute approximate surface area is 354 Å². The molecule has 0 saturated carbocycles. The van der Waals surface area contributed by atoms with Crippen LogP contribution < -0.4 is 0 Å². The number of ether oxygens (including phenoxy) is 3. The zero-order chi connectivity index (χ0) is 42.3. The molecular weight excluding hydrogens is 721 g/mol. The molecule has 0 aromatic carbocycles. The number of carbonyl (C=O) groups excluding carboxylic acids is 3. The summed E-state index contributed by atoms with van der Waals surface area (Å²) < 4.78 is 16.5. The highest BCUT2D eigenvalue weighted by atomic mass is 16.6. The van der Waals surface area contributed by atoms with E-state index < -0.39 is 18.0 Å². The van der Waals surface area contributed by atoms with E-state index in [1.54, 1.807) is 6.08 Å². The lowest BCUT2D eigenvalue weighted by atomic mass is 10.1.